The number of rotatable bonds is 4. The highest BCUT2D eigenvalue weighted by Gasteiger charge is 2.38. The van der Waals surface area contributed by atoms with Crippen molar-refractivity contribution in [2.45, 2.75) is 18.5 Å². The van der Waals surface area contributed by atoms with Crippen LogP contribution in [-0.4, -0.2) is 53.0 Å². The molecule has 33 heavy (non-hydrogen) atoms. The van der Waals surface area contributed by atoms with Crippen molar-refractivity contribution in [3.63, 3.8) is 0 Å². The van der Waals surface area contributed by atoms with Crippen molar-refractivity contribution >= 4 is 49.9 Å². The Balaban J connectivity index is 1.38. The van der Waals surface area contributed by atoms with E-state index in [2.05, 4.69) is 38.2 Å². The molecule has 6 nitrogen and oxygen atoms in total. The molecule has 0 bridgehead atoms. The van der Waals surface area contributed by atoms with Crippen LogP contribution < -0.4 is 5.32 Å². The van der Waals surface area contributed by atoms with E-state index in [1.165, 1.54) is 6.08 Å². The molecule has 1 spiro atoms. The van der Waals surface area contributed by atoms with Gasteiger partial charge in [0.25, 0.3) is 0 Å². The van der Waals surface area contributed by atoms with E-state index in [9.17, 15) is 4.79 Å². The number of nitrogens with zero attached hydrogens (tertiary/aromatic N) is 4. The summed E-state index contributed by atoms with van der Waals surface area (Å²) in [6.45, 7) is 1.90. The molecule has 1 aromatic heterocycles. The molecule has 3 heterocycles. The van der Waals surface area contributed by atoms with Crippen molar-refractivity contribution in [3.8, 4) is 0 Å². The van der Waals surface area contributed by atoms with E-state index in [0.29, 0.717) is 5.69 Å². The van der Waals surface area contributed by atoms with Gasteiger partial charge in [0.1, 0.15) is 0 Å². The van der Waals surface area contributed by atoms with Gasteiger partial charge in [-0.2, -0.15) is 0 Å². The summed E-state index contributed by atoms with van der Waals surface area (Å²) in [6.07, 6.45) is 6.71. The molecule has 2 aromatic carbocycles. The Morgan fingerprint density at radius 2 is 1.85 bits per heavy atom. The van der Waals surface area contributed by atoms with Crippen LogP contribution in [0.3, 0.4) is 0 Å². The Morgan fingerprint density at radius 1 is 1.09 bits per heavy atom. The van der Waals surface area contributed by atoms with Gasteiger partial charge in [0.15, 0.2) is 5.66 Å². The highest BCUT2D eigenvalue weighted by molar-refractivity contribution is 9.10. The monoisotopic (exact) mass is 501 g/mol. The van der Waals surface area contributed by atoms with Crippen molar-refractivity contribution in [1.29, 1.82) is 0 Å². The Morgan fingerprint density at radius 3 is 2.64 bits per heavy atom. The molecule has 0 saturated carbocycles. The summed E-state index contributed by atoms with van der Waals surface area (Å²) in [5.41, 5.74) is 3.69. The Hall–Kier alpha value is -3.16. The summed E-state index contributed by atoms with van der Waals surface area (Å²) in [5, 5.41) is 3.88. The Labute approximate surface area is 201 Å². The van der Waals surface area contributed by atoms with Crippen molar-refractivity contribution in [1.82, 2.24) is 9.88 Å². The second kappa shape index (κ2) is 9.00. The molecule has 166 valence electrons. The topological polar surface area (TPSA) is 70.0 Å². The molecule has 0 radical (unpaired) electrons. The van der Waals surface area contributed by atoms with E-state index in [1.807, 2.05) is 54.6 Å². The number of fused-ring (bicyclic) bond motifs is 1. The van der Waals surface area contributed by atoms with Crippen LogP contribution in [0.2, 0.25) is 0 Å². The number of aromatic nitrogens is 1. The first-order valence-corrected chi connectivity index (χ1v) is 11.8. The minimum absolute atomic E-state index is 0.228. The van der Waals surface area contributed by atoms with Gasteiger partial charge in [0.05, 0.1) is 28.8 Å². The number of anilines is 1. The highest BCUT2D eigenvalue weighted by Crippen LogP contribution is 2.33. The maximum Gasteiger partial charge on any atom is 0.248 e. The van der Waals surface area contributed by atoms with Crippen LogP contribution in [0.15, 0.2) is 87.4 Å². The molecule has 3 aromatic rings. The molecule has 1 N–H and O–H groups in total. The van der Waals surface area contributed by atoms with E-state index in [-0.39, 0.29) is 5.91 Å². The molecule has 5 rings (SSSR count). The van der Waals surface area contributed by atoms with Gasteiger partial charge in [-0.15, -0.1) is 0 Å². The van der Waals surface area contributed by atoms with E-state index in [4.69, 9.17) is 9.98 Å². The van der Waals surface area contributed by atoms with Crippen LogP contribution in [-0.2, 0) is 4.79 Å². The third-order valence-corrected chi connectivity index (χ3v) is 6.58. The number of likely N-dealkylation sites (tertiary alicyclic amines) is 1. The number of piperidine rings is 1. The number of aliphatic imine (C=N–C) groups is 2. The average molecular weight is 502 g/mol. The summed E-state index contributed by atoms with van der Waals surface area (Å²) in [4.78, 5) is 29.5. The highest BCUT2D eigenvalue weighted by atomic mass is 79.9. The van der Waals surface area contributed by atoms with Crippen molar-refractivity contribution in [2.75, 3.05) is 25.5 Å². The lowest BCUT2D eigenvalue weighted by atomic mass is 9.99. The standard InChI is InChI=1S/C26H24BrN5O/c1-32-14-12-26(13-15-32)30-23(25(31-26)18-6-8-20(27)9-7-18)10-11-24(33)29-21-16-19-4-2-3-5-22(19)28-17-21/h2-11,16-17H,12-15H2,1H3,(H,29,33). The van der Waals surface area contributed by atoms with Crippen molar-refractivity contribution in [2.24, 2.45) is 9.98 Å². The summed E-state index contributed by atoms with van der Waals surface area (Å²) in [7, 11) is 2.12. The number of hydrogen-bond acceptors (Lipinski definition) is 5. The lowest BCUT2D eigenvalue weighted by Crippen LogP contribution is -2.39. The minimum Gasteiger partial charge on any atom is -0.321 e. The fraction of sp³-hybridized carbons (Fsp3) is 0.231. The SMILES string of the molecule is CN1CCC2(CC1)N=C(C=CC(=O)Nc1cnc3ccccc3c1)C(c1ccc(Br)cc1)=N2. The molecule has 7 heteroatoms. The molecular weight excluding hydrogens is 478 g/mol. The molecule has 0 atom stereocenters. The minimum atomic E-state index is -0.437. The van der Waals surface area contributed by atoms with Gasteiger partial charge in [-0.05, 0) is 37.4 Å². The molecule has 0 aliphatic carbocycles. The van der Waals surface area contributed by atoms with E-state index >= 15 is 0 Å². The maximum absolute atomic E-state index is 12.7. The van der Waals surface area contributed by atoms with Gasteiger partial charge in [-0.3, -0.25) is 19.8 Å². The lowest BCUT2D eigenvalue weighted by molar-refractivity contribution is -0.111. The predicted molar refractivity (Wildman–Crippen MR) is 137 cm³/mol. The van der Waals surface area contributed by atoms with Crippen LogP contribution in [0.5, 0.6) is 0 Å². The summed E-state index contributed by atoms with van der Waals surface area (Å²) < 4.78 is 1.01. The first kappa shape index (κ1) is 21.7. The molecule has 2 aliphatic rings. The van der Waals surface area contributed by atoms with Gasteiger partial charge >= 0.3 is 0 Å². The average Bonchev–Trinajstić information content (AvgIpc) is 3.18. The maximum atomic E-state index is 12.7. The number of halogens is 1. The van der Waals surface area contributed by atoms with Gasteiger partial charge in [0.2, 0.25) is 5.91 Å². The lowest BCUT2D eigenvalue weighted by Gasteiger charge is -2.33. The number of allylic oxidation sites excluding steroid dienone is 1. The van der Waals surface area contributed by atoms with Crippen molar-refractivity contribution in [3.05, 3.63) is 83.0 Å². The van der Waals surface area contributed by atoms with Gasteiger partial charge < -0.3 is 10.2 Å². The smallest absolute Gasteiger partial charge is 0.248 e. The van der Waals surface area contributed by atoms with E-state index in [0.717, 1.165) is 58.3 Å². The number of carbonyl (C=O) groups is 1. The van der Waals surface area contributed by atoms with Crippen molar-refractivity contribution < 1.29 is 4.79 Å². The fourth-order valence-electron chi connectivity index (χ4n) is 4.18. The number of para-hydroxylation sites is 1. The van der Waals surface area contributed by atoms with Crippen LogP contribution in [0, 0.1) is 0 Å². The number of pyridine rings is 1. The third-order valence-electron chi connectivity index (χ3n) is 6.05. The zero-order valence-electron chi connectivity index (χ0n) is 18.3. The fourth-order valence-corrected chi connectivity index (χ4v) is 4.45. The first-order valence-electron chi connectivity index (χ1n) is 11.0. The van der Waals surface area contributed by atoms with E-state index in [1.54, 1.807) is 12.3 Å². The molecule has 1 fully saturated rings. The quantitative estimate of drug-likeness (QED) is 0.519. The summed E-state index contributed by atoms with van der Waals surface area (Å²) in [5.74, 6) is -0.228. The second-order valence-electron chi connectivity index (χ2n) is 8.49. The Bertz CT molecular complexity index is 1290. The predicted octanol–water partition coefficient (Wildman–Crippen LogP) is 4.86. The Kier molecular flexibility index (Phi) is 5.91. The van der Waals surface area contributed by atoms with Gasteiger partial charge in [-0.25, -0.2) is 0 Å². The largest absolute Gasteiger partial charge is 0.321 e. The number of carbonyl (C=O) groups excluding carboxylic acids is 1. The number of benzene rings is 2. The van der Waals surface area contributed by atoms with Crippen LogP contribution in [0.25, 0.3) is 10.9 Å². The molecule has 2 aliphatic heterocycles. The molecule has 0 unspecified atom stereocenters. The number of hydrogen-bond donors (Lipinski definition) is 1. The molecule has 1 saturated heterocycles. The zero-order chi connectivity index (χ0) is 22.8. The first-order chi connectivity index (χ1) is 16.0. The third kappa shape index (κ3) is 4.79. The number of amides is 1. The number of nitrogens with one attached hydrogen (secondary N) is 1. The zero-order valence-corrected chi connectivity index (χ0v) is 19.9. The molecule has 1 amide bonds. The summed E-state index contributed by atoms with van der Waals surface area (Å²) in [6, 6.07) is 17.8. The second-order valence-corrected chi connectivity index (χ2v) is 9.41. The van der Waals surface area contributed by atoms with Crippen LogP contribution in [0.1, 0.15) is 18.4 Å². The van der Waals surface area contributed by atoms with Crippen LogP contribution >= 0.6 is 15.9 Å². The summed E-state index contributed by atoms with van der Waals surface area (Å²) >= 11 is 3.49. The molecular formula is C26H24BrN5O. The van der Waals surface area contributed by atoms with Gasteiger partial charge in [-0.1, -0.05) is 46.3 Å². The van der Waals surface area contributed by atoms with Crippen LogP contribution in [0.4, 0.5) is 5.69 Å². The van der Waals surface area contributed by atoms with Gasteiger partial charge in [0, 0.05) is 47.4 Å². The normalized spacial score (nSPS) is 18.0. The van der Waals surface area contributed by atoms with E-state index < -0.39 is 5.66 Å².